The number of Topliss-reactive ketones (excluding diaryl/α,β-unsaturated/α-hetero) is 1. The molecule has 2 atom stereocenters. The molecular weight excluding hydrogens is 487 g/mol. The molecule has 1 aromatic carbocycles. The second-order valence-corrected chi connectivity index (χ2v) is 11.4. The van der Waals surface area contributed by atoms with E-state index in [1.165, 1.54) is 12.1 Å². The minimum atomic E-state index is -0.600. The van der Waals surface area contributed by atoms with Crippen LogP contribution in [0.3, 0.4) is 0 Å². The summed E-state index contributed by atoms with van der Waals surface area (Å²) in [7, 11) is 0. The first-order valence-corrected chi connectivity index (χ1v) is 13.4. The van der Waals surface area contributed by atoms with Crippen LogP contribution in [0.15, 0.2) is 72.1 Å². The van der Waals surface area contributed by atoms with E-state index < -0.39 is 5.41 Å². The summed E-state index contributed by atoms with van der Waals surface area (Å²) < 4.78 is 19.7. The fourth-order valence-corrected chi connectivity index (χ4v) is 6.75. The van der Waals surface area contributed by atoms with E-state index in [-0.39, 0.29) is 17.5 Å². The minimum absolute atomic E-state index is 0.0986. The zero-order chi connectivity index (χ0) is 25.6. The summed E-state index contributed by atoms with van der Waals surface area (Å²) in [5, 5.41) is 9.15. The zero-order valence-corrected chi connectivity index (χ0v) is 21.7. The highest BCUT2D eigenvalue weighted by atomic mass is 32.2. The summed E-state index contributed by atoms with van der Waals surface area (Å²) in [6.45, 7) is 5.73. The van der Waals surface area contributed by atoms with Gasteiger partial charge in [0.15, 0.2) is 5.78 Å². The number of aromatic nitrogens is 5. The number of carbonyl (C=O) groups excluding carboxylic acids is 1. The summed E-state index contributed by atoms with van der Waals surface area (Å²) in [5.41, 5.74) is 2.93. The van der Waals surface area contributed by atoms with Gasteiger partial charge in [-0.2, -0.15) is 10.2 Å². The minimum Gasteiger partial charge on any atom is -0.292 e. The average molecular weight is 517 g/mol. The van der Waals surface area contributed by atoms with Crippen molar-refractivity contribution in [2.75, 3.05) is 13.1 Å². The van der Waals surface area contributed by atoms with Gasteiger partial charge in [0.25, 0.3) is 0 Å². The summed E-state index contributed by atoms with van der Waals surface area (Å²) in [4.78, 5) is 19.7. The van der Waals surface area contributed by atoms with Crippen LogP contribution in [0.1, 0.15) is 48.1 Å². The lowest BCUT2D eigenvalue weighted by atomic mass is 9.60. The lowest BCUT2D eigenvalue weighted by Crippen LogP contribution is -2.55. The normalized spacial score (nSPS) is 21.6. The van der Waals surface area contributed by atoms with Crippen LogP contribution in [0.5, 0.6) is 0 Å². The van der Waals surface area contributed by atoms with Crippen LogP contribution in [-0.4, -0.2) is 47.7 Å². The van der Waals surface area contributed by atoms with Crippen molar-refractivity contribution < 1.29 is 9.18 Å². The van der Waals surface area contributed by atoms with Gasteiger partial charge in [-0.25, -0.2) is 13.4 Å². The first kappa shape index (κ1) is 24.1. The summed E-state index contributed by atoms with van der Waals surface area (Å²) in [5.74, 6) is -0.0179. The number of hydrogen-bond acceptors (Lipinski definition) is 6. The van der Waals surface area contributed by atoms with E-state index >= 15 is 0 Å². The molecule has 1 fully saturated rings. The second kappa shape index (κ2) is 9.54. The largest absolute Gasteiger partial charge is 0.292 e. The Morgan fingerprint density at radius 1 is 1.14 bits per heavy atom. The van der Waals surface area contributed by atoms with E-state index in [1.54, 1.807) is 30.3 Å². The molecule has 0 unspecified atom stereocenters. The van der Waals surface area contributed by atoms with Crippen LogP contribution in [-0.2, 0) is 12.8 Å². The molecule has 6 rings (SSSR count). The Bertz CT molecular complexity index is 1420. The van der Waals surface area contributed by atoms with Gasteiger partial charge in [-0.05, 0) is 92.9 Å². The molecule has 4 heterocycles. The quantitative estimate of drug-likeness (QED) is 0.260. The van der Waals surface area contributed by atoms with Crippen LogP contribution < -0.4 is 0 Å². The van der Waals surface area contributed by atoms with Crippen LogP contribution in [0, 0.1) is 17.2 Å². The molecule has 2 aliphatic rings. The molecule has 4 aromatic rings. The number of piperidine rings is 1. The molecule has 9 heteroatoms. The number of benzene rings is 1. The molecule has 1 aliphatic carbocycles. The number of fused-ring (bicyclic) bond motifs is 2. The second-order valence-electron chi connectivity index (χ2n) is 10.3. The first-order chi connectivity index (χ1) is 17.9. The van der Waals surface area contributed by atoms with Gasteiger partial charge in [0.05, 0.1) is 28.4 Å². The van der Waals surface area contributed by atoms with Gasteiger partial charge in [-0.15, -0.1) is 0 Å². The van der Waals surface area contributed by atoms with E-state index in [0.717, 1.165) is 41.2 Å². The fourth-order valence-electron chi connectivity index (χ4n) is 5.71. The molecule has 0 bridgehead atoms. The smallest absolute Gasteiger partial charge is 0.189 e. The maximum Gasteiger partial charge on any atom is 0.189 e. The predicted molar refractivity (Wildman–Crippen MR) is 140 cm³/mol. The number of ketones is 1. The van der Waals surface area contributed by atoms with Gasteiger partial charge in [0.2, 0.25) is 0 Å². The number of pyridine rings is 1. The number of halogens is 1. The van der Waals surface area contributed by atoms with Crippen molar-refractivity contribution in [1.82, 2.24) is 28.9 Å². The van der Waals surface area contributed by atoms with Crippen molar-refractivity contribution in [2.45, 2.75) is 44.0 Å². The third-order valence-electron chi connectivity index (χ3n) is 7.63. The molecular formula is C28H29FN6OS. The highest BCUT2D eigenvalue weighted by molar-refractivity contribution is 7.97. The SMILES string of the molecule is CC(C)n1cc(SN2CC[C@H]3Cc4c(cnn4-c4ccc(F)cc4)C[C@]3(C(=O)c3ccccn3)C2)cn1. The van der Waals surface area contributed by atoms with E-state index in [0.29, 0.717) is 24.7 Å². The molecule has 0 spiro atoms. The number of nitrogens with zero attached hydrogens (tertiary/aromatic N) is 6. The highest BCUT2D eigenvalue weighted by Crippen LogP contribution is 2.49. The molecule has 0 amide bonds. The highest BCUT2D eigenvalue weighted by Gasteiger charge is 2.53. The van der Waals surface area contributed by atoms with E-state index in [4.69, 9.17) is 0 Å². The summed E-state index contributed by atoms with van der Waals surface area (Å²) >= 11 is 1.68. The zero-order valence-electron chi connectivity index (χ0n) is 20.9. The van der Waals surface area contributed by atoms with Crippen molar-refractivity contribution in [3.05, 3.63) is 90.0 Å². The molecule has 0 radical (unpaired) electrons. The van der Waals surface area contributed by atoms with Crippen molar-refractivity contribution in [1.29, 1.82) is 0 Å². The Hall–Kier alpha value is -3.30. The molecule has 190 valence electrons. The van der Waals surface area contributed by atoms with Gasteiger partial charge in [0, 0.05) is 37.2 Å². The number of rotatable bonds is 6. The van der Waals surface area contributed by atoms with Gasteiger partial charge < -0.3 is 0 Å². The van der Waals surface area contributed by atoms with Crippen molar-refractivity contribution in [3.63, 3.8) is 0 Å². The lowest BCUT2D eigenvalue weighted by Gasteiger charge is -2.49. The standard InChI is InChI=1S/C28H29FN6OS/c1-19(2)34-17-24(16-31-34)37-33-12-10-21-13-26-20(15-32-35(26)23-8-6-22(29)7-9-23)14-28(21,18-33)27(36)25-5-3-4-11-30-25/h3-9,11,15-17,19,21H,10,12-14,18H2,1-2H3/t21-,28-/m0/s1. The van der Waals surface area contributed by atoms with E-state index in [2.05, 4.69) is 39.5 Å². The van der Waals surface area contributed by atoms with Crippen molar-refractivity contribution in [2.24, 2.45) is 11.3 Å². The number of carbonyl (C=O) groups is 1. The lowest BCUT2D eigenvalue weighted by molar-refractivity contribution is 0.0412. The fraction of sp³-hybridized carbons (Fsp3) is 0.357. The topological polar surface area (TPSA) is 68.8 Å². The summed E-state index contributed by atoms with van der Waals surface area (Å²) in [6, 6.07) is 12.3. The van der Waals surface area contributed by atoms with Crippen molar-refractivity contribution >= 4 is 17.7 Å². The predicted octanol–water partition coefficient (Wildman–Crippen LogP) is 5.18. The third kappa shape index (κ3) is 4.40. The van der Waals surface area contributed by atoms with Gasteiger partial charge in [0.1, 0.15) is 11.5 Å². The van der Waals surface area contributed by atoms with Crippen molar-refractivity contribution in [3.8, 4) is 5.69 Å². The Kier molecular flexibility index (Phi) is 6.20. The Morgan fingerprint density at radius 3 is 2.70 bits per heavy atom. The number of hydrogen-bond donors (Lipinski definition) is 0. The van der Waals surface area contributed by atoms with Crippen LogP contribution in [0.2, 0.25) is 0 Å². The monoisotopic (exact) mass is 516 g/mol. The third-order valence-corrected chi connectivity index (χ3v) is 8.62. The maximum atomic E-state index is 14.2. The van der Waals surface area contributed by atoms with E-state index in [1.807, 2.05) is 40.0 Å². The average Bonchev–Trinajstić information content (AvgIpc) is 3.55. The van der Waals surface area contributed by atoms with Gasteiger partial charge in [-0.1, -0.05) is 6.07 Å². The van der Waals surface area contributed by atoms with Crippen LogP contribution in [0.4, 0.5) is 4.39 Å². The Balaban J connectivity index is 1.35. The van der Waals surface area contributed by atoms with Crippen LogP contribution >= 0.6 is 11.9 Å². The molecule has 0 saturated carbocycles. The molecule has 37 heavy (non-hydrogen) atoms. The molecule has 1 aliphatic heterocycles. The van der Waals surface area contributed by atoms with Gasteiger partial charge in [-0.3, -0.25) is 14.5 Å². The van der Waals surface area contributed by atoms with E-state index in [9.17, 15) is 9.18 Å². The Labute approximate surface area is 219 Å². The molecule has 1 saturated heterocycles. The first-order valence-electron chi connectivity index (χ1n) is 12.7. The van der Waals surface area contributed by atoms with Crippen LogP contribution in [0.25, 0.3) is 5.69 Å². The molecule has 3 aromatic heterocycles. The maximum absolute atomic E-state index is 14.2. The molecule has 0 N–H and O–H groups in total. The Morgan fingerprint density at radius 2 is 1.97 bits per heavy atom. The summed E-state index contributed by atoms with van der Waals surface area (Å²) in [6.07, 6.45) is 9.77. The molecule has 7 nitrogen and oxygen atoms in total. The van der Waals surface area contributed by atoms with Gasteiger partial charge >= 0.3 is 0 Å².